The van der Waals surface area contributed by atoms with Gasteiger partial charge in [0, 0.05) is 11.3 Å². The van der Waals surface area contributed by atoms with Crippen LogP contribution in [0.2, 0.25) is 0 Å². The van der Waals surface area contributed by atoms with Crippen molar-refractivity contribution in [3.63, 3.8) is 0 Å². The molecule has 1 atom stereocenters. The second kappa shape index (κ2) is 5.81. The van der Waals surface area contributed by atoms with E-state index in [9.17, 15) is 4.39 Å². The Balaban J connectivity index is 1.81. The highest BCUT2D eigenvalue weighted by atomic mass is 19.1. The van der Waals surface area contributed by atoms with Gasteiger partial charge in [-0.3, -0.25) is 0 Å². The molecule has 1 aliphatic heterocycles. The van der Waals surface area contributed by atoms with Crippen LogP contribution in [0.3, 0.4) is 0 Å². The SMILES string of the molecule is COc1cccc(C2=C[C@H](c3cccc(F)c3)n3ncnc3N2)c1. The summed E-state index contributed by atoms with van der Waals surface area (Å²) in [6.45, 7) is 0. The molecule has 4 rings (SSSR count). The standard InChI is InChI=1S/C18H15FN4O/c1-24-15-7-3-4-12(9-15)16-10-17(13-5-2-6-14(19)8-13)23-18(22-16)20-11-21-23/h2-11,17H,1H3,(H,20,21,22)/t17-/m1/s1. The van der Waals surface area contributed by atoms with Crippen LogP contribution in [0.4, 0.5) is 10.3 Å². The molecule has 1 aliphatic rings. The first-order chi connectivity index (χ1) is 11.7. The number of methoxy groups -OCH3 is 1. The van der Waals surface area contributed by atoms with Gasteiger partial charge < -0.3 is 10.1 Å². The van der Waals surface area contributed by atoms with Gasteiger partial charge in [-0.15, -0.1) is 0 Å². The van der Waals surface area contributed by atoms with E-state index >= 15 is 0 Å². The van der Waals surface area contributed by atoms with Gasteiger partial charge in [0.1, 0.15) is 23.9 Å². The Morgan fingerprint density at radius 1 is 1.17 bits per heavy atom. The number of hydrogen-bond acceptors (Lipinski definition) is 4. The van der Waals surface area contributed by atoms with Crippen LogP contribution in [-0.2, 0) is 0 Å². The van der Waals surface area contributed by atoms with Gasteiger partial charge in [-0.2, -0.15) is 10.1 Å². The normalized spacial score (nSPS) is 16.1. The summed E-state index contributed by atoms with van der Waals surface area (Å²) < 4.78 is 20.7. The highest BCUT2D eigenvalue weighted by molar-refractivity contribution is 5.77. The molecule has 0 saturated heterocycles. The summed E-state index contributed by atoms with van der Waals surface area (Å²) in [6, 6.07) is 14.0. The van der Waals surface area contributed by atoms with Crippen molar-refractivity contribution in [2.75, 3.05) is 12.4 Å². The van der Waals surface area contributed by atoms with Crippen molar-refractivity contribution in [2.45, 2.75) is 6.04 Å². The molecule has 0 saturated carbocycles. The predicted octanol–water partition coefficient (Wildman–Crippen LogP) is 3.48. The molecule has 0 amide bonds. The summed E-state index contributed by atoms with van der Waals surface area (Å²) >= 11 is 0. The zero-order valence-corrected chi connectivity index (χ0v) is 13.0. The van der Waals surface area contributed by atoms with Crippen molar-refractivity contribution in [3.8, 4) is 5.75 Å². The molecule has 0 fully saturated rings. The quantitative estimate of drug-likeness (QED) is 0.802. The minimum absolute atomic E-state index is 0.236. The number of anilines is 1. The summed E-state index contributed by atoms with van der Waals surface area (Å²) in [6.07, 6.45) is 3.49. The summed E-state index contributed by atoms with van der Waals surface area (Å²) in [5.41, 5.74) is 2.65. The average Bonchev–Trinajstić information content (AvgIpc) is 3.09. The topological polar surface area (TPSA) is 52.0 Å². The smallest absolute Gasteiger partial charge is 0.226 e. The van der Waals surface area contributed by atoms with Gasteiger partial charge in [-0.1, -0.05) is 24.3 Å². The van der Waals surface area contributed by atoms with Gasteiger partial charge in [0.05, 0.1) is 7.11 Å². The zero-order chi connectivity index (χ0) is 16.5. The van der Waals surface area contributed by atoms with E-state index < -0.39 is 0 Å². The summed E-state index contributed by atoms with van der Waals surface area (Å²) in [7, 11) is 1.63. The minimum Gasteiger partial charge on any atom is -0.497 e. The van der Waals surface area contributed by atoms with Gasteiger partial charge >= 0.3 is 0 Å². The van der Waals surface area contributed by atoms with Gasteiger partial charge in [0.15, 0.2) is 0 Å². The lowest BCUT2D eigenvalue weighted by Gasteiger charge is -2.24. The average molecular weight is 322 g/mol. The van der Waals surface area contributed by atoms with Gasteiger partial charge in [-0.05, 0) is 35.9 Å². The molecule has 24 heavy (non-hydrogen) atoms. The largest absolute Gasteiger partial charge is 0.497 e. The van der Waals surface area contributed by atoms with Crippen molar-refractivity contribution in [2.24, 2.45) is 0 Å². The molecule has 0 aliphatic carbocycles. The molecule has 0 radical (unpaired) electrons. The van der Waals surface area contributed by atoms with Crippen LogP contribution >= 0.6 is 0 Å². The van der Waals surface area contributed by atoms with Gasteiger partial charge in [-0.25, -0.2) is 9.07 Å². The third-order valence-corrected chi connectivity index (χ3v) is 3.98. The number of aromatic nitrogens is 3. The first kappa shape index (κ1) is 14.4. The number of halogens is 1. The van der Waals surface area contributed by atoms with Crippen LogP contribution in [0, 0.1) is 5.82 Å². The van der Waals surface area contributed by atoms with E-state index in [-0.39, 0.29) is 11.9 Å². The van der Waals surface area contributed by atoms with Gasteiger partial charge in [0.2, 0.25) is 5.95 Å². The van der Waals surface area contributed by atoms with E-state index in [1.54, 1.807) is 17.9 Å². The number of hydrogen-bond donors (Lipinski definition) is 1. The fourth-order valence-corrected chi connectivity index (χ4v) is 2.82. The van der Waals surface area contributed by atoms with Crippen LogP contribution in [-0.4, -0.2) is 21.9 Å². The number of fused-ring (bicyclic) bond motifs is 1. The zero-order valence-electron chi connectivity index (χ0n) is 13.0. The molecule has 2 heterocycles. The van der Waals surface area contributed by atoms with E-state index in [2.05, 4.69) is 15.4 Å². The van der Waals surface area contributed by atoms with Crippen molar-refractivity contribution in [3.05, 3.63) is 77.9 Å². The lowest BCUT2D eigenvalue weighted by Crippen LogP contribution is -2.20. The Kier molecular flexibility index (Phi) is 3.49. The molecule has 120 valence electrons. The predicted molar refractivity (Wildman–Crippen MR) is 89.2 cm³/mol. The van der Waals surface area contributed by atoms with Crippen molar-refractivity contribution >= 4 is 11.6 Å². The Hall–Kier alpha value is -3.15. The van der Waals surface area contributed by atoms with Crippen molar-refractivity contribution in [1.29, 1.82) is 0 Å². The Bertz CT molecular complexity index is 919. The van der Waals surface area contributed by atoms with E-state index in [0.717, 1.165) is 22.6 Å². The van der Waals surface area contributed by atoms with E-state index in [1.807, 2.05) is 36.4 Å². The van der Waals surface area contributed by atoms with Crippen molar-refractivity contribution < 1.29 is 9.13 Å². The lowest BCUT2D eigenvalue weighted by molar-refractivity contribution is 0.414. The highest BCUT2D eigenvalue weighted by Gasteiger charge is 2.23. The van der Waals surface area contributed by atoms with Crippen LogP contribution in [0.1, 0.15) is 17.2 Å². The summed E-state index contributed by atoms with van der Waals surface area (Å²) in [4.78, 5) is 4.25. The van der Waals surface area contributed by atoms with E-state index in [4.69, 9.17) is 4.74 Å². The highest BCUT2D eigenvalue weighted by Crippen LogP contribution is 2.32. The summed E-state index contributed by atoms with van der Waals surface area (Å²) in [5, 5.41) is 7.52. The second-order valence-corrected chi connectivity index (χ2v) is 5.47. The minimum atomic E-state index is -0.274. The van der Waals surface area contributed by atoms with Crippen LogP contribution in [0.5, 0.6) is 5.75 Å². The molecular formula is C18H15FN4O. The Labute approximate surface area is 138 Å². The number of ether oxygens (including phenoxy) is 1. The maximum Gasteiger partial charge on any atom is 0.226 e. The Morgan fingerprint density at radius 3 is 2.88 bits per heavy atom. The number of rotatable bonds is 3. The number of nitrogens with one attached hydrogen (secondary N) is 1. The maximum absolute atomic E-state index is 13.6. The molecule has 0 spiro atoms. The van der Waals surface area contributed by atoms with E-state index in [1.165, 1.54) is 18.5 Å². The monoisotopic (exact) mass is 322 g/mol. The summed E-state index contributed by atoms with van der Waals surface area (Å²) in [5.74, 6) is 1.11. The number of benzene rings is 2. The van der Waals surface area contributed by atoms with Crippen LogP contribution < -0.4 is 10.1 Å². The number of nitrogens with zero attached hydrogens (tertiary/aromatic N) is 3. The fourth-order valence-electron chi connectivity index (χ4n) is 2.82. The molecule has 0 bridgehead atoms. The fraction of sp³-hybridized carbons (Fsp3) is 0.111. The molecular weight excluding hydrogens is 307 g/mol. The molecule has 0 unspecified atom stereocenters. The first-order valence-electron chi connectivity index (χ1n) is 7.53. The lowest BCUT2D eigenvalue weighted by atomic mass is 10.0. The molecule has 2 aromatic carbocycles. The van der Waals surface area contributed by atoms with Crippen LogP contribution in [0.25, 0.3) is 5.70 Å². The molecule has 5 nitrogen and oxygen atoms in total. The Morgan fingerprint density at radius 2 is 2.04 bits per heavy atom. The molecule has 6 heteroatoms. The van der Waals surface area contributed by atoms with Crippen LogP contribution in [0.15, 0.2) is 60.9 Å². The van der Waals surface area contributed by atoms with Gasteiger partial charge in [0.25, 0.3) is 0 Å². The molecule has 1 N–H and O–H groups in total. The molecule has 1 aromatic heterocycles. The van der Waals surface area contributed by atoms with Crippen molar-refractivity contribution in [1.82, 2.24) is 14.8 Å². The maximum atomic E-state index is 13.6. The second-order valence-electron chi connectivity index (χ2n) is 5.47. The van der Waals surface area contributed by atoms with E-state index in [0.29, 0.717) is 5.95 Å². The number of allylic oxidation sites excluding steroid dienone is 1. The molecule has 3 aromatic rings. The third kappa shape index (κ3) is 2.52. The first-order valence-corrected chi connectivity index (χ1v) is 7.53. The third-order valence-electron chi connectivity index (χ3n) is 3.98.